The summed E-state index contributed by atoms with van der Waals surface area (Å²) in [4.78, 5) is 13.7. The topological polar surface area (TPSA) is 47.4 Å². The Bertz CT molecular complexity index is 781. The molecule has 2 aliphatic rings. The van der Waals surface area contributed by atoms with Crippen molar-refractivity contribution in [1.29, 1.82) is 0 Å². The van der Waals surface area contributed by atoms with Gasteiger partial charge in [0.05, 0.1) is 12.8 Å². The van der Waals surface area contributed by atoms with Gasteiger partial charge in [-0.05, 0) is 24.5 Å². The highest BCUT2D eigenvalue weighted by Crippen LogP contribution is 2.47. The van der Waals surface area contributed by atoms with Crippen molar-refractivity contribution in [2.75, 3.05) is 20.2 Å². The molecule has 2 heterocycles. The van der Waals surface area contributed by atoms with Gasteiger partial charge in [0, 0.05) is 49.8 Å². The maximum absolute atomic E-state index is 11.7. The molecule has 1 aliphatic carbocycles. The molecule has 4 rings (SSSR count). The van der Waals surface area contributed by atoms with Crippen LogP contribution < -0.4 is 4.74 Å². The Morgan fingerprint density at radius 1 is 1.35 bits per heavy atom. The molecule has 1 aromatic heterocycles. The molecule has 0 radical (unpaired) electrons. The van der Waals surface area contributed by atoms with Crippen molar-refractivity contribution in [3.8, 4) is 17.0 Å². The SMILES string of the molecule is COc1cccc(-c2nn(C)c3c2[C@@H]2CN(C(C)=O)C[C@@H]2C3)c1. The monoisotopic (exact) mass is 311 g/mol. The molecule has 0 spiro atoms. The van der Waals surface area contributed by atoms with Gasteiger partial charge in [-0.15, -0.1) is 0 Å². The summed E-state index contributed by atoms with van der Waals surface area (Å²) in [5.74, 6) is 1.95. The Labute approximate surface area is 135 Å². The summed E-state index contributed by atoms with van der Waals surface area (Å²) in [6.45, 7) is 3.34. The van der Waals surface area contributed by atoms with E-state index in [0.717, 1.165) is 36.5 Å². The number of rotatable bonds is 2. The molecular weight excluding hydrogens is 290 g/mol. The fourth-order valence-corrected chi connectivity index (χ4v) is 4.10. The minimum Gasteiger partial charge on any atom is -0.497 e. The van der Waals surface area contributed by atoms with E-state index < -0.39 is 0 Å². The largest absolute Gasteiger partial charge is 0.497 e. The Balaban J connectivity index is 1.77. The number of nitrogens with zero attached hydrogens (tertiary/aromatic N) is 3. The summed E-state index contributed by atoms with van der Waals surface area (Å²) < 4.78 is 7.36. The van der Waals surface area contributed by atoms with Crippen molar-refractivity contribution in [2.24, 2.45) is 13.0 Å². The number of methoxy groups -OCH3 is 1. The van der Waals surface area contributed by atoms with Crippen molar-refractivity contribution in [3.63, 3.8) is 0 Å². The molecule has 2 atom stereocenters. The van der Waals surface area contributed by atoms with E-state index in [0.29, 0.717) is 11.8 Å². The summed E-state index contributed by atoms with van der Waals surface area (Å²) in [6.07, 6.45) is 1.01. The van der Waals surface area contributed by atoms with Crippen LogP contribution in [0.4, 0.5) is 0 Å². The van der Waals surface area contributed by atoms with E-state index in [1.165, 1.54) is 11.3 Å². The second kappa shape index (κ2) is 5.11. The highest BCUT2D eigenvalue weighted by molar-refractivity contribution is 5.74. The van der Waals surface area contributed by atoms with Crippen LogP contribution in [0.5, 0.6) is 5.75 Å². The molecule has 2 aromatic rings. The minimum absolute atomic E-state index is 0.174. The summed E-state index contributed by atoms with van der Waals surface area (Å²) in [5, 5.41) is 4.77. The van der Waals surface area contributed by atoms with E-state index in [-0.39, 0.29) is 5.91 Å². The lowest BCUT2D eigenvalue weighted by Crippen LogP contribution is -2.26. The molecule has 1 saturated heterocycles. The number of ether oxygens (including phenoxy) is 1. The third kappa shape index (κ3) is 2.14. The normalized spacial score (nSPS) is 22.1. The van der Waals surface area contributed by atoms with Crippen LogP contribution in [0.25, 0.3) is 11.3 Å². The molecule has 5 nitrogen and oxygen atoms in total. The Morgan fingerprint density at radius 2 is 2.17 bits per heavy atom. The number of amides is 1. The first-order valence-corrected chi connectivity index (χ1v) is 8.04. The first-order valence-electron chi connectivity index (χ1n) is 8.04. The van der Waals surface area contributed by atoms with Crippen LogP contribution in [0.15, 0.2) is 24.3 Å². The predicted octanol–water partition coefficient (Wildman–Crippen LogP) is 2.21. The first kappa shape index (κ1) is 14.3. The van der Waals surface area contributed by atoms with Crippen molar-refractivity contribution < 1.29 is 9.53 Å². The third-order valence-corrected chi connectivity index (χ3v) is 5.26. The van der Waals surface area contributed by atoms with E-state index >= 15 is 0 Å². The van der Waals surface area contributed by atoms with Crippen LogP contribution in [0.2, 0.25) is 0 Å². The number of carbonyl (C=O) groups excluding carboxylic acids is 1. The van der Waals surface area contributed by atoms with Crippen molar-refractivity contribution in [1.82, 2.24) is 14.7 Å². The molecule has 23 heavy (non-hydrogen) atoms. The Hall–Kier alpha value is -2.30. The standard InChI is InChI=1S/C18H21N3O2/c1-11(22)21-9-13-8-16-17(15(13)10-21)18(19-20(16)2)12-5-4-6-14(7-12)23-3/h4-7,13,15H,8-10H2,1-3H3/t13-,15+/m0/s1. The molecule has 5 heteroatoms. The van der Waals surface area contributed by atoms with Gasteiger partial charge in [-0.3, -0.25) is 9.48 Å². The van der Waals surface area contributed by atoms with Crippen LogP contribution in [0.3, 0.4) is 0 Å². The molecule has 0 saturated carbocycles. The third-order valence-electron chi connectivity index (χ3n) is 5.26. The Morgan fingerprint density at radius 3 is 2.91 bits per heavy atom. The highest BCUT2D eigenvalue weighted by Gasteiger charge is 2.44. The van der Waals surface area contributed by atoms with E-state index in [2.05, 4.69) is 6.07 Å². The number of likely N-dealkylation sites (tertiary alicyclic amines) is 1. The van der Waals surface area contributed by atoms with Crippen LogP contribution in [0.1, 0.15) is 24.1 Å². The van der Waals surface area contributed by atoms with Crippen molar-refractivity contribution in [3.05, 3.63) is 35.5 Å². The molecule has 0 N–H and O–H groups in total. The van der Waals surface area contributed by atoms with Gasteiger partial charge in [0.2, 0.25) is 5.91 Å². The summed E-state index contributed by atoms with van der Waals surface area (Å²) in [6, 6.07) is 8.06. The van der Waals surface area contributed by atoms with Crippen LogP contribution in [-0.4, -0.2) is 40.8 Å². The lowest BCUT2D eigenvalue weighted by atomic mass is 9.94. The fraction of sp³-hybridized carbons (Fsp3) is 0.444. The van der Waals surface area contributed by atoms with E-state index in [1.807, 2.05) is 34.8 Å². The second-order valence-electron chi connectivity index (χ2n) is 6.56. The molecule has 0 bridgehead atoms. The molecule has 1 aliphatic heterocycles. The summed E-state index contributed by atoms with van der Waals surface area (Å²) >= 11 is 0. The predicted molar refractivity (Wildman–Crippen MR) is 87.4 cm³/mol. The quantitative estimate of drug-likeness (QED) is 0.854. The van der Waals surface area contributed by atoms with Gasteiger partial charge in [-0.2, -0.15) is 5.10 Å². The molecule has 0 unspecified atom stereocenters. The van der Waals surface area contributed by atoms with Gasteiger partial charge >= 0.3 is 0 Å². The second-order valence-corrected chi connectivity index (χ2v) is 6.56. The van der Waals surface area contributed by atoms with Gasteiger partial charge in [0.25, 0.3) is 0 Å². The van der Waals surface area contributed by atoms with E-state index in [1.54, 1.807) is 14.0 Å². The first-order chi connectivity index (χ1) is 11.1. The number of hydrogen-bond acceptors (Lipinski definition) is 3. The van der Waals surface area contributed by atoms with Crippen LogP contribution >= 0.6 is 0 Å². The smallest absolute Gasteiger partial charge is 0.219 e. The zero-order valence-corrected chi connectivity index (χ0v) is 13.7. The maximum atomic E-state index is 11.7. The van der Waals surface area contributed by atoms with Gasteiger partial charge in [-0.1, -0.05) is 12.1 Å². The average Bonchev–Trinajstić information content (AvgIpc) is 3.18. The van der Waals surface area contributed by atoms with Crippen LogP contribution in [0, 0.1) is 5.92 Å². The number of carbonyl (C=O) groups is 1. The number of benzene rings is 1. The number of hydrogen-bond donors (Lipinski definition) is 0. The zero-order valence-electron chi connectivity index (χ0n) is 13.7. The van der Waals surface area contributed by atoms with Gasteiger partial charge in [0.15, 0.2) is 0 Å². The van der Waals surface area contributed by atoms with Crippen molar-refractivity contribution in [2.45, 2.75) is 19.3 Å². The number of aryl methyl sites for hydroxylation is 1. The molecule has 1 aromatic carbocycles. The summed E-state index contributed by atoms with van der Waals surface area (Å²) in [5.41, 5.74) is 4.78. The molecule has 1 fully saturated rings. The van der Waals surface area contributed by atoms with Gasteiger partial charge in [0.1, 0.15) is 5.75 Å². The highest BCUT2D eigenvalue weighted by atomic mass is 16.5. The van der Waals surface area contributed by atoms with Crippen molar-refractivity contribution >= 4 is 5.91 Å². The molecular formula is C18H21N3O2. The number of fused-ring (bicyclic) bond motifs is 3. The molecule has 120 valence electrons. The average molecular weight is 311 g/mol. The summed E-state index contributed by atoms with van der Waals surface area (Å²) in [7, 11) is 3.70. The van der Waals surface area contributed by atoms with Gasteiger partial charge in [-0.25, -0.2) is 0 Å². The minimum atomic E-state index is 0.174. The lowest BCUT2D eigenvalue weighted by molar-refractivity contribution is -0.127. The zero-order chi connectivity index (χ0) is 16.1. The van der Waals surface area contributed by atoms with Crippen LogP contribution in [-0.2, 0) is 18.3 Å². The maximum Gasteiger partial charge on any atom is 0.219 e. The molecule has 1 amide bonds. The Kier molecular flexibility index (Phi) is 3.18. The number of aromatic nitrogens is 2. The van der Waals surface area contributed by atoms with E-state index in [4.69, 9.17) is 9.84 Å². The van der Waals surface area contributed by atoms with Gasteiger partial charge < -0.3 is 9.64 Å². The lowest BCUT2D eigenvalue weighted by Gasteiger charge is -2.14. The van der Waals surface area contributed by atoms with E-state index in [9.17, 15) is 4.79 Å². The fourth-order valence-electron chi connectivity index (χ4n) is 4.10.